The van der Waals surface area contributed by atoms with Crippen LogP contribution in [-0.2, 0) is 16.1 Å². The highest BCUT2D eigenvalue weighted by Crippen LogP contribution is 2.34. The topological polar surface area (TPSA) is 42.0 Å². The Bertz CT molecular complexity index is 581. The lowest BCUT2D eigenvalue weighted by molar-refractivity contribution is -0.131. The Morgan fingerprint density at radius 1 is 1.30 bits per heavy atom. The monoisotopic (exact) mass is 322 g/mol. The molecule has 2 heterocycles. The summed E-state index contributed by atoms with van der Waals surface area (Å²) in [5.41, 5.74) is 0.936. The number of likely N-dealkylation sites (tertiary alicyclic amines) is 2. The SMILES string of the molecule is COCCC(=O)N1C[C@H]2CN(Cc3ccc(OC)c(F)c3)[C@H]2C1. The summed E-state index contributed by atoms with van der Waals surface area (Å²) < 4.78 is 23.7. The van der Waals surface area contributed by atoms with Crippen molar-refractivity contribution in [1.82, 2.24) is 9.80 Å². The molecule has 0 unspecified atom stereocenters. The van der Waals surface area contributed by atoms with E-state index in [-0.39, 0.29) is 17.5 Å². The van der Waals surface area contributed by atoms with Crippen molar-refractivity contribution in [2.45, 2.75) is 19.0 Å². The first-order chi connectivity index (χ1) is 11.1. The van der Waals surface area contributed by atoms with Crippen LogP contribution in [0.5, 0.6) is 5.75 Å². The lowest BCUT2D eigenvalue weighted by Crippen LogP contribution is -2.54. The van der Waals surface area contributed by atoms with Crippen molar-refractivity contribution in [1.29, 1.82) is 0 Å². The maximum absolute atomic E-state index is 13.8. The fourth-order valence-corrected chi connectivity index (χ4v) is 3.52. The van der Waals surface area contributed by atoms with Crippen molar-refractivity contribution in [3.8, 4) is 5.75 Å². The second-order valence-corrected chi connectivity index (χ2v) is 6.27. The summed E-state index contributed by atoms with van der Waals surface area (Å²) in [6.07, 6.45) is 0.444. The molecule has 0 radical (unpaired) electrons. The van der Waals surface area contributed by atoms with Crippen LogP contribution in [0.15, 0.2) is 18.2 Å². The number of methoxy groups -OCH3 is 2. The summed E-state index contributed by atoms with van der Waals surface area (Å²) in [6.45, 7) is 3.75. The lowest BCUT2D eigenvalue weighted by atomic mass is 9.91. The minimum Gasteiger partial charge on any atom is -0.494 e. The minimum absolute atomic E-state index is 0.164. The normalized spacial score (nSPS) is 23.5. The Hall–Kier alpha value is -1.66. The van der Waals surface area contributed by atoms with Gasteiger partial charge in [0.25, 0.3) is 0 Å². The molecule has 23 heavy (non-hydrogen) atoms. The molecule has 1 aromatic carbocycles. The molecule has 0 N–H and O–H groups in total. The molecule has 1 amide bonds. The number of carbonyl (C=O) groups excluding carboxylic acids is 1. The van der Waals surface area contributed by atoms with Crippen LogP contribution in [0.3, 0.4) is 0 Å². The second-order valence-electron chi connectivity index (χ2n) is 6.27. The van der Waals surface area contributed by atoms with E-state index in [1.807, 2.05) is 11.0 Å². The maximum atomic E-state index is 13.8. The van der Waals surface area contributed by atoms with E-state index in [1.165, 1.54) is 13.2 Å². The first-order valence-corrected chi connectivity index (χ1v) is 7.95. The van der Waals surface area contributed by atoms with Crippen molar-refractivity contribution < 1.29 is 18.7 Å². The van der Waals surface area contributed by atoms with E-state index in [2.05, 4.69) is 4.90 Å². The first-order valence-electron chi connectivity index (χ1n) is 7.95. The van der Waals surface area contributed by atoms with Gasteiger partial charge in [-0.2, -0.15) is 0 Å². The number of benzene rings is 1. The van der Waals surface area contributed by atoms with Gasteiger partial charge in [-0.3, -0.25) is 9.69 Å². The van der Waals surface area contributed by atoms with Crippen LogP contribution in [-0.4, -0.2) is 62.2 Å². The van der Waals surface area contributed by atoms with Crippen molar-refractivity contribution in [3.05, 3.63) is 29.6 Å². The Kier molecular flexibility index (Phi) is 4.82. The first kappa shape index (κ1) is 16.2. The van der Waals surface area contributed by atoms with Crippen LogP contribution < -0.4 is 4.74 Å². The molecule has 6 heteroatoms. The summed E-state index contributed by atoms with van der Waals surface area (Å²) in [6, 6.07) is 5.48. The van der Waals surface area contributed by atoms with Gasteiger partial charge in [0.15, 0.2) is 11.6 Å². The predicted molar refractivity (Wildman–Crippen MR) is 83.7 cm³/mol. The third-order valence-electron chi connectivity index (χ3n) is 4.82. The molecule has 2 fully saturated rings. The van der Waals surface area contributed by atoms with Gasteiger partial charge in [0.2, 0.25) is 5.91 Å². The Balaban J connectivity index is 1.55. The van der Waals surface area contributed by atoms with Crippen LogP contribution in [0, 0.1) is 11.7 Å². The number of nitrogens with zero attached hydrogens (tertiary/aromatic N) is 2. The number of halogens is 1. The Morgan fingerprint density at radius 3 is 2.83 bits per heavy atom. The van der Waals surface area contributed by atoms with Crippen molar-refractivity contribution in [2.75, 3.05) is 40.5 Å². The molecule has 2 aliphatic heterocycles. The van der Waals surface area contributed by atoms with Gasteiger partial charge in [0.05, 0.1) is 20.1 Å². The molecule has 2 atom stereocenters. The smallest absolute Gasteiger partial charge is 0.224 e. The number of fused-ring (bicyclic) bond motifs is 1. The molecular formula is C17H23FN2O3. The van der Waals surface area contributed by atoms with Gasteiger partial charge in [0.1, 0.15) is 0 Å². The third-order valence-corrected chi connectivity index (χ3v) is 4.82. The Morgan fingerprint density at radius 2 is 2.13 bits per heavy atom. The van der Waals surface area contributed by atoms with Gasteiger partial charge in [-0.25, -0.2) is 4.39 Å². The highest BCUT2D eigenvalue weighted by Gasteiger charge is 2.46. The highest BCUT2D eigenvalue weighted by molar-refractivity contribution is 5.76. The summed E-state index contributed by atoms with van der Waals surface area (Å²) in [5, 5.41) is 0. The van der Waals surface area contributed by atoms with Gasteiger partial charge in [0, 0.05) is 45.2 Å². The van der Waals surface area contributed by atoms with Crippen LogP contribution in [0.1, 0.15) is 12.0 Å². The zero-order chi connectivity index (χ0) is 16.4. The van der Waals surface area contributed by atoms with Gasteiger partial charge in [-0.1, -0.05) is 6.07 Å². The lowest BCUT2D eigenvalue weighted by Gasteiger charge is -2.43. The third kappa shape index (κ3) is 3.33. The summed E-state index contributed by atoms with van der Waals surface area (Å²) >= 11 is 0. The van der Waals surface area contributed by atoms with Gasteiger partial charge in [-0.05, 0) is 17.7 Å². The molecule has 0 aromatic heterocycles. The maximum Gasteiger partial charge on any atom is 0.224 e. The average molecular weight is 322 g/mol. The van der Waals surface area contributed by atoms with E-state index >= 15 is 0 Å². The highest BCUT2D eigenvalue weighted by atomic mass is 19.1. The Labute approximate surface area is 136 Å². The molecule has 126 valence electrons. The molecule has 0 spiro atoms. The van der Waals surface area contributed by atoms with Crippen LogP contribution in [0.4, 0.5) is 4.39 Å². The molecular weight excluding hydrogens is 299 g/mol. The zero-order valence-electron chi connectivity index (χ0n) is 13.6. The average Bonchev–Trinajstić information content (AvgIpc) is 2.88. The number of ether oxygens (including phenoxy) is 2. The fraction of sp³-hybridized carbons (Fsp3) is 0.588. The van der Waals surface area contributed by atoms with Gasteiger partial charge >= 0.3 is 0 Å². The minimum atomic E-state index is -0.329. The van der Waals surface area contributed by atoms with Crippen LogP contribution >= 0.6 is 0 Å². The molecule has 5 nitrogen and oxygen atoms in total. The number of hydrogen-bond acceptors (Lipinski definition) is 4. The number of hydrogen-bond donors (Lipinski definition) is 0. The zero-order valence-corrected chi connectivity index (χ0v) is 13.6. The van der Waals surface area contributed by atoms with E-state index < -0.39 is 0 Å². The van der Waals surface area contributed by atoms with Crippen molar-refractivity contribution >= 4 is 5.91 Å². The second kappa shape index (κ2) is 6.84. The number of amides is 1. The largest absolute Gasteiger partial charge is 0.494 e. The number of rotatable bonds is 6. The fourth-order valence-electron chi connectivity index (χ4n) is 3.52. The van der Waals surface area contributed by atoms with E-state index in [4.69, 9.17) is 9.47 Å². The van der Waals surface area contributed by atoms with Crippen molar-refractivity contribution in [3.63, 3.8) is 0 Å². The quantitative estimate of drug-likeness (QED) is 0.796. The van der Waals surface area contributed by atoms with Crippen LogP contribution in [0.25, 0.3) is 0 Å². The predicted octanol–water partition coefficient (Wildman–Crippen LogP) is 1.51. The van der Waals surface area contributed by atoms with Gasteiger partial charge < -0.3 is 14.4 Å². The molecule has 0 saturated carbocycles. The van der Waals surface area contributed by atoms with E-state index in [0.717, 1.165) is 25.2 Å². The summed E-state index contributed by atoms with van der Waals surface area (Å²) in [5.74, 6) is 0.650. The molecule has 1 aromatic rings. The van der Waals surface area contributed by atoms with E-state index in [0.29, 0.717) is 31.5 Å². The standard InChI is InChI=1S/C17H23FN2O3/c1-22-6-5-17(21)20-10-13-9-19(15(13)11-20)8-12-3-4-16(23-2)14(18)7-12/h3-4,7,13,15H,5-6,8-11H2,1-2H3/t13-,15+/m1/s1. The molecule has 2 saturated heterocycles. The molecule has 0 bridgehead atoms. The summed E-state index contributed by atoms with van der Waals surface area (Å²) in [7, 11) is 3.07. The molecule has 2 aliphatic rings. The molecule has 0 aliphatic carbocycles. The van der Waals surface area contributed by atoms with Crippen molar-refractivity contribution in [2.24, 2.45) is 5.92 Å². The van der Waals surface area contributed by atoms with E-state index in [9.17, 15) is 9.18 Å². The molecule has 3 rings (SSSR count). The van der Waals surface area contributed by atoms with Crippen LogP contribution in [0.2, 0.25) is 0 Å². The number of carbonyl (C=O) groups is 1. The summed E-state index contributed by atoms with van der Waals surface area (Å²) in [4.78, 5) is 16.3. The van der Waals surface area contributed by atoms with Gasteiger partial charge in [-0.15, -0.1) is 0 Å². The van der Waals surface area contributed by atoms with E-state index in [1.54, 1.807) is 13.2 Å².